The van der Waals surface area contributed by atoms with Crippen molar-refractivity contribution in [3.8, 4) is 0 Å². The lowest BCUT2D eigenvalue weighted by atomic mass is 10.00. The molecule has 0 atom stereocenters. The van der Waals surface area contributed by atoms with Gasteiger partial charge in [0.05, 0.1) is 20.1 Å². The largest absolute Gasteiger partial charge is 0.501 e. The standard InChI is InChI=1S/C10H16O4/c1-12-9-6-10(13-2,14-3)5-4-8(9)7-11/h4-5,11H,6-7H2,1-3H3. The van der Waals surface area contributed by atoms with Gasteiger partial charge in [0, 0.05) is 19.8 Å². The topological polar surface area (TPSA) is 47.9 Å². The molecule has 14 heavy (non-hydrogen) atoms. The van der Waals surface area contributed by atoms with Crippen LogP contribution >= 0.6 is 0 Å². The van der Waals surface area contributed by atoms with E-state index in [4.69, 9.17) is 19.3 Å². The molecule has 0 saturated carbocycles. The third-order valence-electron chi connectivity index (χ3n) is 2.41. The molecule has 0 aromatic heterocycles. The molecule has 0 fully saturated rings. The zero-order valence-corrected chi connectivity index (χ0v) is 8.74. The lowest BCUT2D eigenvalue weighted by molar-refractivity contribution is -0.174. The fourth-order valence-corrected chi connectivity index (χ4v) is 1.42. The lowest BCUT2D eigenvalue weighted by Crippen LogP contribution is -2.34. The first-order valence-electron chi connectivity index (χ1n) is 4.37. The van der Waals surface area contributed by atoms with E-state index in [-0.39, 0.29) is 6.61 Å². The maximum absolute atomic E-state index is 9.04. The molecular formula is C10H16O4. The van der Waals surface area contributed by atoms with Crippen molar-refractivity contribution >= 4 is 0 Å². The van der Waals surface area contributed by atoms with Crippen molar-refractivity contribution in [1.29, 1.82) is 0 Å². The van der Waals surface area contributed by atoms with E-state index in [9.17, 15) is 0 Å². The predicted octanol–water partition coefficient (Wildman–Crippen LogP) is 0.828. The van der Waals surface area contributed by atoms with Crippen LogP contribution in [0.4, 0.5) is 0 Å². The summed E-state index contributed by atoms with van der Waals surface area (Å²) >= 11 is 0. The molecule has 4 nitrogen and oxygen atoms in total. The van der Waals surface area contributed by atoms with Gasteiger partial charge in [0.15, 0.2) is 5.79 Å². The fourth-order valence-electron chi connectivity index (χ4n) is 1.42. The number of ether oxygens (including phenoxy) is 3. The van der Waals surface area contributed by atoms with E-state index in [1.807, 2.05) is 0 Å². The van der Waals surface area contributed by atoms with Crippen molar-refractivity contribution in [3.05, 3.63) is 23.5 Å². The average molecular weight is 200 g/mol. The van der Waals surface area contributed by atoms with Crippen molar-refractivity contribution in [3.63, 3.8) is 0 Å². The molecule has 1 aliphatic rings. The first-order chi connectivity index (χ1) is 6.71. The van der Waals surface area contributed by atoms with E-state index in [0.29, 0.717) is 12.2 Å². The minimum absolute atomic E-state index is 0.0385. The van der Waals surface area contributed by atoms with Gasteiger partial charge in [-0.2, -0.15) is 0 Å². The Morgan fingerprint density at radius 2 is 2.00 bits per heavy atom. The van der Waals surface area contributed by atoms with E-state index in [1.165, 1.54) is 0 Å². The number of hydrogen-bond acceptors (Lipinski definition) is 4. The van der Waals surface area contributed by atoms with Crippen LogP contribution in [0.3, 0.4) is 0 Å². The molecule has 0 unspecified atom stereocenters. The Kier molecular flexibility index (Phi) is 3.69. The van der Waals surface area contributed by atoms with Gasteiger partial charge in [0.2, 0.25) is 0 Å². The smallest absolute Gasteiger partial charge is 0.194 e. The van der Waals surface area contributed by atoms with Crippen molar-refractivity contribution in [2.75, 3.05) is 27.9 Å². The molecule has 0 aromatic carbocycles. The highest BCUT2D eigenvalue weighted by atomic mass is 16.7. The molecule has 1 rings (SSSR count). The van der Waals surface area contributed by atoms with Crippen molar-refractivity contribution < 1.29 is 19.3 Å². The van der Waals surface area contributed by atoms with Crippen LogP contribution in [0.25, 0.3) is 0 Å². The quantitative estimate of drug-likeness (QED) is 0.683. The second kappa shape index (κ2) is 4.59. The third-order valence-corrected chi connectivity index (χ3v) is 2.41. The molecule has 4 heteroatoms. The Morgan fingerprint density at radius 1 is 1.36 bits per heavy atom. The predicted molar refractivity (Wildman–Crippen MR) is 51.6 cm³/mol. The number of hydrogen-bond donors (Lipinski definition) is 1. The van der Waals surface area contributed by atoms with E-state index in [1.54, 1.807) is 33.5 Å². The van der Waals surface area contributed by atoms with Crippen LogP contribution in [0.2, 0.25) is 0 Å². The van der Waals surface area contributed by atoms with Crippen LogP contribution in [-0.2, 0) is 14.2 Å². The highest BCUT2D eigenvalue weighted by Gasteiger charge is 2.32. The summed E-state index contributed by atoms with van der Waals surface area (Å²) in [5, 5.41) is 9.04. The Balaban J connectivity index is 2.89. The summed E-state index contributed by atoms with van der Waals surface area (Å²) in [6.07, 6.45) is 4.01. The molecule has 0 aliphatic heterocycles. The average Bonchev–Trinajstić information content (AvgIpc) is 2.28. The maximum atomic E-state index is 9.04. The van der Waals surface area contributed by atoms with Crippen molar-refractivity contribution in [2.45, 2.75) is 12.2 Å². The van der Waals surface area contributed by atoms with Gasteiger partial charge < -0.3 is 19.3 Å². The van der Waals surface area contributed by atoms with Crippen molar-refractivity contribution in [2.24, 2.45) is 0 Å². The minimum Gasteiger partial charge on any atom is -0.501 e. The molecule has 0 spiro atoms. The van der Waals surface area contributed by atoms with Gasteiger partial charge in [0.25, 0.3) is 0 Å². The van der Waals surface area contributed by atoms with Gasteiger partial charge in [-0.15, -0.1) is 0 Å². The van der Waals surface area contributed by atoms with Crippen LogP contribution in [0, 0.1) is 0 Å². The Morgan fingerprint density at radius 3 is 2.43 bits per heavy atom. The summed E-state index contributed by atoms with van der Waals surface area (Å²) in [4.78, 5) is 0. The number of rotatable bonds is 4. The molecule has 1 N–H and O–H groups in total. The monoisotopic (exact) mass is 200 g/mol. The highest BCUT2D eigenvalue weighted by Crippen LogP contribution is 2.30. The maximum Gasteiger partial charge on any atom is 0.194 e. The first-order valence-corrected chi connectivity index (χ1v) is 4.37. The van der Waals surface area contributed by atoms with Gasteiger partial charge in [-0.25, -0.2) is 0 Å². The van der Waals surface area contributed by atoms with E-state index in [0.717, 1.165) is 5.57 Å². The molecule has 1 aliphatic carbocycles. The number of aliphatic hydroxyl groups excluding tert-OH is 1. The number of aliphatic hydroxyl groups is 1. The summed E-state index contributed by atoms with van der Waals surface area (Å²) in [6.45, 7) is -0.0385. The molecule has 80 valence electrons. The normalized spacial score (nSPS) is 20.0. The van der Waals surface area contributed by atoms with E-state index in [2.05, 4.69) is 0 Å². The summed E-state index contributed by atoms with van der Waals surface area (Å²) in [6, 6.07) is 0. The second-order valence-corrected chi connectivity index (χ2v) is 3.04. The highest BCUT2D eigenvalue weighted by molar-refractivity contribution is 5.30. The van der Waals surface area contributed by atoms with Crippen LogP contribution in [0.1, 0.15) is 6.42 Å². The van der Waals surface area contributed by atoms with Crippen molar-refractivity contribution in [1.82, 2.24) is 0 Å². The molecule has 0 saturated heterocycles. The van der Waals surface area contributed by atoms with Gasteiger partial charge in [0.1, 0.15) is 5.76 Å². The summed E-state index contributed by atoms with van der Waals surface area (Å²) < 4.78 is 15.7. The Labute approximate surface area is 83.8 Å². The SMILES string of the molecule is COC1=C(CO)C=CC(OC)(OC)C1. The van der Waals surface area contributed by atoms with E-state index < -0.39 is 5.79 Å². The van der Waals surface area contributed by atoms with Crippen LogP contribution < -0.4 is 0 Å². The first kappa shape index (κ1) is 11.2. The molecule has 0 amide bonds. The minimum atomic E-state index is -0.760. The third kappa shape index (κ3) is 1.97. The molecule has 0 heterocycles. The fraction of sp³-hybridized carbons (Fsp3) is 0.600. The Hall–Kier alpha value is -0.840. The van der Waals surface area contributed by atoms with Gasteiger partial charge in [-0.05, 0) is 6.08 Å². The van der Waals surface area contributed by atoms with Gasteiger partial charge in [-0.1, -0.05) is 6.08 Å². The molecular weight excluding hydrogens is 184 g/mol. The molecule has 0 bridgehead atoms. The van der Waals surface area contributed by atoms with E-state index >= 15 is 0 Å². The lowest BCUT2D eigenvalue weighted by Gasteiger charge is -2.31. The summed E-state index contributed by atoms with van der Waals surface area (Å²) in [5.41, 5.74) is 0.761. The number of methoxy groups -OCH3 is 3. The second-order valence-electron chi connectivity index (χ2n) is 3.04. The zero-order valence-electron chi connectivity index (χ0n) is 8.74. The van der Waals surface area contributed by atoms with Crippen LogP contribution in [0.15, 0.2) is 23.5 Å². The molecule has 0 radical (unpaired) electrons. The summed E-state index contributed by atoms with van der Waals surface area (Å²) in [7, 11) is 4.72. The molecule has 0 aromatic rings. The zero-order chi connectivity index (χ0) is 10.6. The Bertz CT molecular complexity index is 251. The van der Waals surface area contributed by atoms with Crippen LogP contribution in [-0.4, -0.2) is 38.8 Å². The van der Waals surface area contributed by atoms with Gasteiger partial charge in [-0.3, -0.25) is 0 Å². The van der Waals surface area contributed by atoms with Crippen LogP contribution in [0.5, 0.6) is 0 Å². The summed E-state index contributed by atoms with van der Waals surface area (Å²) in [5.74, 6) is -0.0667. The van der Waals surface area contributed by atoms with Gasteiger partial charge >= 0.3 is 0 Å².